The smallest absolute Gasteiger partial charge is 0.407 e. The highest BCUT2D eigenvalue weighted by atomic mass is 16.5. The number of aromatic nitrogens is 2. The fourth-order valence-electron chi connectivity index (χ4n) is 6.44. The Morgan fingerprint density at radius 1 is 0.804 bits per heavy atom. The van der Waals surface area contributed by atoms with Crippen LogP contribution in [0.15, 0.2) is 73.1 Å². The van der Waals surface area contributed by atoms with Gasteiger partial charge in [0.15, 0.2) is 0 Å². The fourth-order valence-corrected chi connectivity index (χ4v) is 6.44. The quantitative estimate of drug-likeness (QED) is 0.156. The van der Waals surface area contributed by atoms with Gasteiger partial charge in [-0.05, 0) is 95.5 Å². The fraction of sp³-hybridized carbons (Fsp3) is 0.432. The molecule has 2 saturated heterocycles. The highest BCUT2D eigenvalue weighted by Crippen LogP contribution is 2.29. The highest BCUT2D eigenvalue weighted by molar-refractivity contribution is 5.86. The van der Waals surface area contributed by atoms with Crippen molar-refractivity contribution < 1.29 is 28.7 Å². The number of hydrogen-bond acceptors (Lipinski definition) is 7. The molecule has 0 saturated carbocycles. The van der Waals surface area contributed by atoms with Crippen molar-refractivity contribution in [2.24, 2.45) is 11.8 Å². The van der Waals surface area contributed by atoms with Crippen LogP contribution in [-0.2, 0) is 25.5 Å². The average molecular weight is 767 g/mol. The van der Waals surface area contributed by atoms with Crippen LogP contribution >= 0.6 is 0 Å². The van der Waals surface area contributed by atoms with E-state index in [9.17, 15) is 19.2 Å². The van der Waals surface area contributed by atoms with E-state index >= 15 is 0 Å². The molecule has 3 aliphatic rings. The Labute approximate surface area is 331 Å². The molecule has 12 heteroatoms. The van der Waals surface area contributed by atoms with Crippen LogP contribution in [0.5, 0.6) is 0 Å². The number of H-pyrrole nitrogens is 1. The van der Waals surface area contributed by atoms with Gasteiger partial charge in [-0.15, -0.1) is 0 Å². The van der Waals surface area contributed by atoms with Gasteiger partial charge in [0, 0.05) is 32.7 Å². The van der Waals surface area contributed by atoms with Gasteiger partial charge in [0.05, 0.1) is 31.6 Å². The van der Waals surface area contributed by atoms with Crippen molar-refractivity contribution in [1.82, 2.24) is 30.4 Å². The van der Waals surface area contributed by atoms with Crippen LogP contribution in [0.1, 0.15) is 64.5 Å². The van der Waals surface area contributed by atoms with Crippen LogP contribution in [0, 0.1) is 11.8 Å². The van der Waals surface area contributed by atoms with Crippen molar-refractivity contribution in [3.05, 3.63) is 84.2 Å². The first-order chi connectivity index (χ1) is 27.0. The molecule has 3 heterocycles. The van der Waals surface area contributed by atoms with E-state index in [1.54, 1.807) is 16.1 Å². The predicted molar refractivity (Wildman–Crippen MR) is 222 cm³/mol. The number of methoxy groups -OCH3 is 2. The summed E-state index contributed by atoms with van der Waals surface area (Å²) in [6.07, 6.45) is 11.7. The molecular weight excluding hydrogens is 709 g/mol. The number of likely N-dealkylation sites (tertiary alicyclic amines) is 2. The van der Waals surface area contributed by atoms with Gasteiger partial charge < -0.3 is 34.9 Å². The first-order valence-electron chi connectivity index (χ1n) is 19.5. The minimum Gasteiger partial charge on any atom is -0.453 e. The molecular formula is C44H58N6O6. The molecule has 1 aromatic heterocycles. The number of rotatable bonds is 8. The van der Waals surface area contributed by atoms with E-state index in [0.29, 0.717) is 12.5 Å². The van der Waals surface area contributed by atoms with Crippen molar-refractivity contribution in [2.45, 2.75) is 65.8 Å². The topological polar surface area (TPSA) is 146 Å². The maximum atomic E-state index is 12.1. The molecule has 1 unspecified atom stereocenters. The van der Waals surface area contributed by atoms with Gasteiger partial charge in [-0.3, -0.25) is 9.59 Å². The molecule has 7 rings (SSSR count). The zero-order valence-electron chi connectivity index (χ0n) is 33.7. The lowest BCUT2D eigenvalue weighted by molar-refractivity contribution is -0.133. The average Bonchev–Trinajstić information content (AvgIpc) is 4.07. The third-order valence-corrected chi connectivity index (χ3v) is 9.69. The van der Waals surface area contributed by atoms with Crippen LogP contribution in [0.2, 0.25) is 0 Å². The number of amides is 4. The highest BCUT2D eigenvalue weighted by Gasteiger charge is 2.30. The number of aromatic amines is 1. The summed E-state index contributed by atoms with van der Waals surface area (Å²) in [4.78, 5) is 54.6. The lowest BCUT2D eigenvalue weighted by atomic mass is 9.98. The second-order valence-electron chi connectivity index (χ2n) is 14.7. The number of nitrogens with one attached hydrogen (secondary N) is 3. The van der Waals surface area contributed by atoms with Crippen molar-refractivity contribution in [3.63, 3.8) is 0 Å². The van der Waals surface area contributed by atoms with Crippen molar-refractivity contribution in [1.29, 1.82) is 0 Å². The van der Waals surface area contributed by atoms with Crippen LogP contribution < -0.4 is 10.6 Å². The first kappa shape index (κ1) is 43.1. The molecule has 0 spiro atoms. The lowest BCUT2D eigenvalue weighted by Gasteiger charge is -2.26. The van der Waals surface area contributed by atoms with Crippen LogP contribution in [-0.4, -0.2) is 97.3 Å². The number of imidazole rings is 1. The minimum absolute atomic E-state index is 0.00194. The third-order valence-electron chi connectivity index (χ3n) is 9.69. The van der Waals surface area contributed by atoms with Gasteiger partial charge in [-0.2, -0.15) is 0 Å². The van der Waals surface area contributed by atoms with Gasteiger partial charge in [0.25, 0.3) is 0 Å². The zero-order chi connectivity index (χ0) is 40.5. The summed E-state index contributed by atoms with van der Waals surface area (Å²) in [6.45, 7) is 12.1. The Hall–Kier alpha value is -5.65. The largest absolute Gasteiger partial charge is 0.453 e. The molecule has 0 radical (unpaired) electrons. The molecule has 2 fully saturated rings. The van der Waals surface area contributed by atoms with E-state index in [-0.39, 0.29) is 17.9 Å². The molecule has 1 aliphatic carbocycles. The SMILES string of the molecule is C1=Cc2cc(-c3ccc(-c4ccc5nc[nH]c5c4)cc3)ccc2C1.COC(=O)NC(C(=O)N1CCCC1)C(C)C.COC(=O)NCC(C)C.O=CN1CCCC1. The Kier molecular flexibility index (Phi) is 17.0. The predicted octanol–water partition coefficient (Wildman–Crippen LogP) is 7.69. The Morgan fingerprint density at radius 3 is 1.96 bits per heavy atom. The second kappa shape index (κ2) is 22.0. The third kappa shape index (κ3) is 13.0. The van der Waals surface area contributed by atoms with Crippen LogP contribution in [0.3, 0.4) is 0 Å². The standard InChI is InChI=1S/C22H16N2.C11H20N2O3.C6H13NO2.C5H9NO/c1-2-15-8-9-19(12-18(15)3-1)16-4-6-17(7-5-16)20-10-11-21-22(13-20)24-14-23-21;1-8(2)9(12-11(15)16-3)10(14)13-6-4-5-7-13;1-5(2)4-7-6(8)9-3;7-5-6-3-1-2-4-6/h1,3-14H,2H2,(H,23,24);8-9H,4-7H2,1-3H3,(H,12,15);5H,4H2,1-3H3,(H,7,8);5H,1-4H2. The second-order valence-corrected chi connectivity index (χ2v) is 14.7. The summed E-state index contributed by atoms with van der Waals surface area (Å²) in [7, 11) is 2.66. The maximum Gasteiger partial charge on any atom is 0.407 e. The Balaban J connectivity index is 0.000000187. The van der Waals surface area contributed by atoms with Crippen molar-refractivity contribution in [3.8, 4) is 22.3 Å². The molecule has 1 atom stereocenters. The number of alkyl carbamates (subject to hydrolysis) is 2. The van der Waals surface area contributed by atoms with Gasteiger partial charge in [0.2, 0.25) is 12.3 Å². The first-order valence-corrected chi connectivity index (χ1v) is 19.5. The molecule has 12 nitrogen and oxygen atoms in total. The Morgan fingerprint density at radius 2 is 1.39 bits per heavy atom. The van der Waals surface area contributed by atoms with Crippen LogP contribution in [0.25, 0.3) is 39.4 Å². The van der Waals surface area contributed by atoms with Gasteiger partial charge in [-0.25, -0.2) is 14.6 Å². The van der Waals surface area contributed by atoms with Gasteiger partial charge in [-0.1, -0.05) is 82.3 Å². The summed E-state index contributed by atoms with van der Waals surface area (Å²) in [6, 6.07) is 21.4. The Bertz CT molecular complexity index is 1890. The number of carbonyl (C=O) groups is 4. The molecule has 0 bridgehead atoms. The number of fused-ring (bicyclic) bond motifs is 2. The molecule has 3 aromatic carbocycles. The molecule has 4 amide bonds. The molecule has 56 heavy (non-hydrogen) atoms. The summed E-state index contributed by atoms with van der Waals surface area (Å²) >= 11 is 0. The number of nitrogens with zero attached hydrogens (tertiary/aromatic N) is 3. The van der Waals surface area contributed by atoms with Crippen molar-refractivity contribution >= 4 is 41.6 Å². The van der Waals surface area contributed by atoms with Crippen molar-refractivity contribution in [2.75, 3.05) is 46.9 Å². The van der Waals surface area contributed by atoms with E-state index < -0.39 is 12.1 Å². The number of benzene rings is 3. The lowest BCUT2D eigenvalue weighted by Crippen LogP contribution is -2.50. The summed E-state index contributed by atoms with van der Waals surface area (Å²) < 4.78 is 8.87. The number of allylic oxidation sites excluding steroid dienone is 1. The molecule has 300 valence electrons. The molecule has 3 N–H and O–H groups in total. The number of ether oxygens (including phenoxy) is 2. The number of hydrogen-bond donors (Lipinski definition) is 3. The summed E-state index contributed by atoms with van der Waals surface area (Å²) in [5, 5.41) is 5.16. The van der Waals surface area contributed by atoms with E-state index in [1.807, 2.05) is 27.7 Å². The number of carbonyl (C=O) groups excluding carboxylic acids is 4. The molecule has 4 aromatic rings. The van der Waals surface area contributed by atoms with E-state index in [1.165, 1.54) is 60.4 Å². The van der Waals surface area contributed by atoms with E-state index in [2.05, 4.69) is 103 Å². The maximum absolute atomic E-state index is 12.1. The molecule has 2 aliphatic heterocycles. The summed E-state index contributed by atoms with van der Waals surface area (Å²) in [5.41, 5.74) is 9.79. The van der Waals surface area contributed by atoms with Gasteiger partial charge >= 0.3 is 12.2 Å². The minimum atomic E-state index is -0.550. The van der Waals surface area contributed by atoms with Crippen LogP contribution in [0.4, 0.5) is 9.59 Å². The van der Waals surface area contributed by atoms with E-state index in [0.717, 1.165) is 62.9 Å². The summed E-state index contributed by atoms with van der Waals surface area (Å²) in [5.74, 6) is 0.536. The normalized spacial score (nSPS) is 14.4. The van der Waals surface area contributed by atoms with E-state index in [4.69, 9.17) is 0 Å². The zero-order valence-corrected chi connectivity index (χ0v) is 33.7. The monoisotopic (exact) mass is 766 g/mol. The van der Waals surface area contributed by atoms with Gasteiger partial charge in [0.1, 0.15) is 6.04 Å².